The number of piperidine rings is 1. The Hall–Kier alpha value is -2.91. The van der Waals surface area contributed by atoms with Gasteiger partial charge < -0.3 is 48.3 Å². The Morgan fingerprint density at radius 3 is 2.08 bits per heavy atom. The van der Waals surface area contributed by atoms with Gasteiger partial charge in [0.25, 0.3) is 0 Å². The Bertz CT molecular complexity index is 1780. The molecule has 1 unspecified atom stereocenters. The highest BCUT2D eigenvalue weighted by Crippen LogP contribution is 2.80. The number of methoxy groups -OCH3 is 4. The van der Waals surface area contributed by atoms with Crippen LogP contribution in [0, 0.1) is 34.5 Å². The van der Waals surface area contributed by atoms with E-state index < -0.39 is 106 Å². The molecule has 1 saturated heterocycles. The number of fused-ring (bicyclic) bond motifs is 2. The zero-order chi connectivity index (χ0) is 45.9. The maximum Gasteiger partial charge on any atom is 0.338 e. The molecule has 15 atom stereocenters. The van der Waals surface area contributed by atoms with Gasteiger partial charge in [-0.25, -0.2) is 4.79 Å². The molecule has 0 aromatic heterocycles. The summed E-state index contributed by atoms with van der Waals surface area (Å²) in [7, 11) is 8.37. The normalized spacial score (nSPS) is 39.2. The molecule has 1 aromatic carbocycles. The van der Waals surface area contributed by atoms with Crippen molar-refractivity contribution in [1.29, 1.82) is 0 Å². The summed E-state index contributed by atoms with van der Waals surface area (Å²) in [6.45, 7) is 4.33. The minimum Gasteiger partial charge on any atom is -0.462 e. The predicted octanol–water partition coefficient (Wildman–Crippen LogP) is 6.85. The summed E-state index contributed by atoms with van der Waals surface area (Å²) in [5.74, 6) is -4.11. The molecule has 1 heterocycles. The molecule has 7 rings (SSSR count). The maximum atomic E-state index is 14.6. The second-order valence-corrected chi connectivity index (χ2v) is 20.1. The van der Waals surface area contributed by atoms with Gasteiger partial charge in [-0.05, 0) is 63.6 Å². The number of aliphatic hydroxyl groups excluding tert-OH is 1. The number of ether oxygens (including phenoxy) is 7. The Balaban J connectivity index is 1.20. The van der Waals surface area contributed by atoms with E-state index in [0.717, 1.165) is 38.5 Å². The number of carbonyl (C=O) groups is 3. The van der Waals surface area contributed by atoms with E-state index in [4.69, 9.17) is 33.2 Å². The highest BCUT2D eigenvalue weighted by Gasteiger charge is 2.92. The molecule has 6 aliphatic rings. The van der Waals surface area contributed by atoms with Crippen LogP contribution >= 0.6 is 0 Å². The lowest BCUT2D eigenvalue weighted by Crippen LogP contribution is -2.81. The predicted molar refractivity (Wildman–Crippen MR) is 239 cm³/mol. The molecule has 1 aliphatic heterocycles. The van der Waals surface area contributed by atoms with Gasteiger partial charge in [0.2, 0.25) is 0 Å². The molecule has 358 valence electrons. The summed E-state index contributed by atoms with van der Waals surface area (Å²) in [6, 6.07) is 8.21. The van der Waals surface area contributed by atoms with Crippen LogP contribution in [-0.4, -0.2) is 136 Å². The van der Waals surface area contributed by atoms with E-state index in [2.05, 4.69) is 24.0 Å². The van der Waals surface area contributed by atoms with E-state index in [0.29, 0.717) is 24.9 Å². The summed E-state index contributed by atoms with van der Waals surface area (Å²) in [4.78, 5) is 43.9. The van der Waals surface area contributed by atoms with E-state index in [-0.39, 0.29) is 19.4 Å². The zero-order valence-electron chi connectivity index (χ0n) is 39.5. The number of hydrogen-bond acceptors (Lipinski definition) is 13. The highest BCUT2D eigenvalue weighted by molar-refractivity contribution is 5.89. The van der Waals surface area contributed by atoms with E-state index in [1.807, 2.05) is 7.05 Å². The SMILES string of the molecule is CCCCCCCC/C=C\CCCCCCCC(=O)O[C@]12[C@H]3[C@@H](OC(=O)c4ccccc4)[C@](O)(C[C@H]3[C@@]34C5[C@@H]1[C@H](OC)[C@@H]3[C@](COC)(CN5C)[C@H](OC(C)=O)C[C@@H]4OC)[C@@H](OC)[C@@H]2O. The number of esters is 3. The minimum atomic E-state index is -1.88. The van der Waals surface area contributed by atoms with Crippen LogP contribution in [0.1, 0.15) is 127 Å². The smallest absolute Gasteiger partial charge is 0.338 e. The summed E-state index contributed by atoms with van der Waals surface area (Å²) in [5, 5.41) is 26.2. The minimum absolute atomic E-state index is 0.0542. The first-order valence-electron chi connectivity index (χ1n) is 24.4. The van der Waals surface area contributed by atoms with Gasteiger partial charge in [-0.1, -0.05) is 88.6 Å². The van der Waals surface area contributed by atoms with Gasteiger partial charge >= 0.3 is 17.9 Å². The van der Waals surface area contributed by atoms with Crippen LogP contribution in [0.3, 0.4) is 0 Å². The van der Waals surface area contributed by atoms with Crippen molar-refractivity contribution in [2.45, 2.75) is 170 Å². The number of aliphatic hydroxyl groups is 2. The Morgan fingerprint density at radius 1 is 0.812 bits per heavy atom. The standard InChI is InChI=1S/C51H77NO12/c1-8-9-10-11-12-13-14-15-16-17-18-19-20-21-25-28-38(54)64-51-39-35(30-49(57,46(61-7)44(51)55)45(39)63-47(56)34-26-23-22-24-27-34)50-37(59-5)29-36(62-33(2)53)48(32-58-4)31-52(3)43(50)40(51)41(60-6)42(48)50/h15-16,22-24,26-27,35-37,39-46,55,57H,8-14,17-21,25,28-32H2,1-7H3/b16-15-/t35-,36-,37+,39-,40+,41+,42-,43?,44+,45-,46+,48+,49-,50+,51-/m1/s1. The third-order valence-electron chi connectivity index (χ3n) is 16.8. The Kier molecular flexibility index (Phi) is 15.7. The summed E-state index contributed by atoms with van der Waals surface area (Å²) in [5.41, 5.74) is -4.98. The van der Waals surface area contributed by atoms with Crippen LogP contribution in [0.25, 0.3) is 0 Å². The van der Waals surface area contributed by atoms with Gasteiger partial charge in [0.05, 0.1) is 24.4 Å². The molecular weight excluding hydrogens is 819 g/mol. The third-order valence-corrected chi connectivity index (χ3v) is 16.8. The molecule has 64 heavy (non-hydrogen) atoms. The fourth-order valence-corrected chi connectivity index (χ4v) is 14.9. The van der Waals surface area contributed by atoms with E-state index >= 15 is 0 Å². The number of nitrogens with zero attached hydrogens (tertiary/aromatic N) is 1. The van der Waals surface area contributed by atoms with Crippen LogP contribution in [0.2, 0.25) is 0 Å². The number of carbonyl (C=O) groups excluding carboxylic acids is 3. The molecule has 13 heteroatoms. The number of rotatable bonds is 24. The molecular formula is C51H77NO12. The fourth-order valence-electron chi connectivity index (χ4n) is 14.9. The van der Waals surface area contributed by atoms with Crippen molar-refractivity contribution < 1.29 is 57.8 Å². The molecule has 0 amide bonds. The van der Waals surface area contributed by atoms with Crippen LogP contribution in [-0.2, 0) is 42.7 Å². The monoisotopic (exact) mass is 896 g/mol. The Morgan fingerprint density at radius 2 is 1.47 bits per heavy atom. The van der Waals surface area contributed by atoms with Crippen molar-refractivity contribution in [3.63, 3.8) is 0 Å². The molecule has 5 saturated carbocycles. The molecule has 0 radical (unpaired) electrons. The second kappa shape index (κ2) is 20.5. The van der Waals surface area contributed by atoms with Gasteiger partial charge in [-0.2, -0.15) is 0 Å². The number of benzene rings is 1. The number of hydrogen-bond donors (Lipinski definition) is 2. The molecule has 13 nitrogen and oxygen atoms in total. The number of unbranched alkanes of at least 4 members (excludes halogenated alkanes) is 11. The van der Waals surface area contributed by atoms with Crippen LogP contribution < -0.4 is 0 Å². The van der Waals surface area contributed by atoms with Crippen LogP contribution in [0.15, 0.2) is 42.5 Å². The number of likely N-dealkylation sites (tertiary alicyclic amines) is 1. The van der Waals surface area contributed by atoms with E-state index in [1.165, 1.54) is 52.6 Å². The molecule has 5 aliphatic carbocycles. The third kappa shape index (κ3) is 8.08. The number of allylic oxidation sites excluding steroid dienone is 2. The van der Waals surface area contributed by atoms with Gasteiger partial charge in [-0.15, -0.1) is 0 Å². The van der Waals surface area contributed by atoms with Gasteiger partial charge in [0, 0.05) is 89.4 Å². The van der Waals surface area contributed by atoms with Crippen molar-refractivity contribution in [3.8, 4) is 0 Å². The van der Waals surface area contributed by atoms with Crippen molar-refractivity contribution in [3.05, 3.63) is 48.0 Å². The average molecular weight is 896 g/mol. The van der Waals surface area contributed by atoms with Crippen molar-refractivity contribution >= 4 is 17.9 Å². The zero-order valence-corrected chi connectivity index (χ0v) is 39.5. The van der Waals surface area contributed by atoms with Crippen LogP contribution in [0.4, 0.5) is 0 Å². The lowest BCUT2D eigenvalue weighted by atomic mass is 9.42. The van der Waals surface area contributed by atoms with Gasteiger partial charge in [0.15, 0.2) is 5.60 Å². The van der Waals surface area contributed by atoms with Gasteiger partial charge in [-0.3, -0.25) is 9.59 Å². The van der Waals surface area contributed by atoms with Crippen molar-refractivity contribution in [2.75, 3.05) is 48.6 Å². The molecule has 7 bridgehead atoms. The first kappa shape index (κ1) is 49.0. The van der Waals surface area contributed by atoms with Gasteiger partial charge in [0.1, 0.15) is 30.0 Å². The van der Waals surface area contributed by atoms with E-state index in [1.54, 1.807) is 51.7 Å². The quantitative estimate of drug-likeness (QED) is 0.0481. The van der Waals surface area contributed by atoms with Crippen molar-refractivity contribution in [2.24, 2.45) is 34.5 Å². The topological polar surface area (TPSA) is 160 Å². The lowest BCUT2D eigenvalue weighted by molar-refractivity contribution is -0.322. The molecule has 1 spiro atoms. The first-order chi connectivity index (χ1) is 30.9. The fraction of sp³-hybridized carbons (Fsp3) is 0.784. The van der Waals surface area contributed by atoms with E-state index in [9.17, 15) is 24.6 Å². The molecule has 6 fully saturated rings. The molecule has 1 aromatic rings. The highest BCUT2D eigenvalue weighted by atomic mass is 16.6. The summed E-state index contributed by atoms with van der Waals surface area (Å²) >= 11 is 0. The first-order valence-corrected chi connectivity index (χ1v) is 24.4. The van der Waals surface area contributed by atoms with Crippen LogP contribution in [0.5, 0.6) is 0 Å². The lowest BCUT2D eigenvalue weighted by Gasteiger charge is -2.70. The summed E-state index contributed by atoms with van der Waals surface area (Å²) < 4.78 is 45.1. The second-order valence-electron chi connectivity index (χ2n) is 20.1. The van der Waals surface area contributed by atoms with Crippen molar-refractivity contribution in [1.82, 2.24) is 4.90 Å². The Labute approximate surface area is 381 Å². The summed E-state index contributed by atoms with van der Waals surface area (Å²) in [6.07, 6.45) is 13.9. The maximum absolute atomic E-state index is 14.6. The average Bonchev–Trinajstić information content (AvgIpc) is 3.67. The largest absolute Gasteiger partial charge is 0.462 e. The molecule has 2 N–H and O–H groups in total.